The van der Waals surface area contributed by atoms with E-state index in [4.69, 9.17) is 9.47 Å². The smallest absolute Gasteiger partial charge is 0.410 e. The van der Waals surface area contributed by atoms with E-state index in [1.807, 2.05) is 20.8 Å². The first kappa shape index (κ1) is 20.7. The molecule has 0 radical (unpaired) electrons. The van der Waals surface area contributed by atoms with Crippen LogP contribution in [0.3, 0.4) is 0 Å². The molecule has 1 aromatic rings. The maximum absolute atomic E-state index is 14.1. The van der Waals surface area contributed by atoms with Crippen molar-refractivity contribution in [1.82, 2.24) is 4.90 Å². The molecule has 0 saturated carbocycles. The minimum Gasteiger partial charge on any atom is -0.444 e. The van der Waals surface area contributed by atoms with Crippen molar-refractivity contribution in [3.8, 4) is 0 Å². The van der Waals surface area contributed by atoms with Gasteiger partial charge in [-0.1, -0.05) is 12.1 Å². The lowest BCUT2D eigenvalue weighted by Crippen LogP contribution is -2.60. The van der Waals surface area contributed by atoms with Crippen LogP contribution < -0.4 is 0 Å². The monoisotopic (exact) mass is 395 g/mol. The zero-order valence-corrected chi connectivity index (χ0v) is 16.8. The summed E-state index contributed by atoms with van der Waals surface area (Å²) in [6.45, 7) is 7.59. The summed E-state index contributed by atoms with van der Waals surface area (Å²) in [6.07, 6.45) is 0.318. The molecule has 154 valence electrons. The first-order chi connectivity index (χ1) is 13.1. The van der Waals surface area contributed by atoms with Gasteiger partial charge in [0.25, 0.3) is 0 Å². The topological polar surface area (TPSA) is 55.8 Å². The van der Waals surface area contributed by atoms with Crippen molar-refractivity contribution in [1.29, 1.82) is 0 Å². The molecule has 2 aliphatic rings. The highest BCUT2D eigenvalue weighted by atomic mass is 19.2. The van der Waals surface area contributed by atoms with Crippen molar-refractivity contribution >= 4 is 11.9 Å². The number of carbonyl (C=O) groups excluding carboxylic acids is 2. The van der Waals surface area contributed by atoms with Crippen molar-refractivity contribution < 1.29 is 27.8 Å². The predicted molar refractivity (Wildman–Crippen MR) is 99.0 cm³/mol. The van der Waals surface area contributed by atoms with E-state index >= 15 is 0 Å². The van der Waals surface area contributed by atoms with Crippen molar-refractivity contribution in [3.05, 3.63) is 34.9 Å². The number of hydrogen-bond acceptors (Lipinski definition) is 4. The van der Waals surface area contributed by atoms with Gasteiger partial charge in [-0.15, -0.1) is 0 Å². The number of piperidine rings is 1. The number of rotatable bonds is 3. The Balaban J connectivity index is 1.70. The molecule has 2 saturated heterocycles. The van der Waals surface area contributed by atoms with Crippen LogP contribution in [0.4, 0.5) is 13.6 Å². The number of nitrogens with zero attached hydrogens (tertiary/aromatic N) is 1. The fraction of sp³-hybridized carbons (Fsp3) is 0.619. The Morgan fingerprint density at radius 3 is 2.32 bits per heavy atom. The van der Waals surface area contributed by atoms with E-state index in [1.54, 1.807) is 4.90 Å². The van der Waals surface area contributed by atoms with Gasteiger partial charge in [-0.3, -0.25) is 9.69 Å². The summed E-state index contributed by atoms with van der Waals surface area (Å²) in [6, 6.07) is 2.44. The number of fused-ring (bicyclic) bond motifs is 2. The maximum atomic E-state index is 14.1. The second-order valence-corrected chi connectivity index (χ2v) is 8.71. The number of hydrogen-bond donors (Lipinski definition) is 0. The van der Waals surface area contributed by atoms with Crippen molar-refractivity contribution in [2.45, 2.75) is 64.6 Å². The van der Waals surface area contributed by atoms with Gasteiger partial charge in [0.05, 0.1) is 25.3 Å². The first-order valence-corrected chi connectivity index (χ1v) is 9.62. The summed E-state index contributed by atoms with van der Waals surface area (Å²) in [7, 11) is 0. The molecule has 28 heavy (non-hydrogen) atoms. The number of benzene rings is 1. The molecule has 1 amide bonds. The Labute approximate surface area is 164 Å². The molecule has 2 aliphatic heterocycles. The number of ether oxygens (including phenoxy) is 2. The van der Waals surface area contributed by atoms with Crippen LogP contribution in [0.25, 0.3) is 0 Å². The Hall–Kier alpha value is -2.02. The van der Waals surface area contributed by atoms with Crippen LogP contribution in [0.1, 0.15) is 44.7 Å². The highest BCUT2D eigenvalue weighted by Gasteiger charge is 2.45. The molecule has 3 rings (SSSR count). The second kappa shape index (κ2) is 7.78. The second-order valence-electron chi connectivity index (χ2n) is 8.71. The van der Waals surface area contributed by atoms with Crippen molar-refractivity contribution in [2.24, 2.45) is 5.92 Å². The molecular formula is C21H27F2NO4. The van der Waals surface area contributed by atoms with E-state index in [2.05, 4.69) is 0 Å². The summed E-state index contributed by atoms with van der Waals surface area (Å²) in [5.41, 5.74) is -0.318. The number of morpholine rings is 1. The SMILES string of the molecule is Cc1ccc(CC(=O)C2CC3COCC(C2)N3C(=O)OC(C)(C)C)c(F)c1F. The maximum Gasteiger partial charge on any atom is 0.410 e. The number of aryl methyl sites for hydroxylation is 1. The van der Waals surface area contributed by atoms with Crippen LogP contribution >= 0.6 is 0 Å². The lowest BCUT2D eigenvalue weighted by molar-refractivity contribution is -0.131. The van der Waals surface area contributed by atoms with Gasteiger partial charge in [0, 0.05) is 12.3 Å². The van der Waals surface area contributed by atoms with Gasteiger partial charge in [0.2, 0.25) is 0 Å². The molecule has 1 aromatic carbocycles. The highest BCUT2D eigenvalue weighted by molar-refractivity contribution is 5.84. The average Bonchev–Trinajstić information content (AvgIpc) is 2.59. The number of Topliss-reactive ketones (excluding diaryl/α,β-unsaturated/α-hetero) is 1. The lowest BCUT2D eigenvalue weighted by Gasteiger charge is -2.47. The fourth-order valence-corrected chi connectivity index (χ4v) is 3.95. The number of amides is 1. The van der Waals surface area contributed by atoms with Crippen molar-refractivity contribution in [2.75, 3.05) is 13.2 Å². The minimum absolute atomic E-state index is 0.0732. The van der Waals surface area contributed by atoms with Crippen LogP contribution in [0.5, 0.6) is 0 Å². The molecule has 0 spiro atoms. The lowest BCUT2D eigenvalue weighted by atomic mass is 9.81. The van der Waals surface area contributed by atoms with Crippen LogP contribution in [0.2, 0.25) is 0 Å². The third kappa shape index (κ3) is 4.35. The van der Waals surface area contributed by atoms with E-state index in [0.717, 1.165) is 0 Å². The van der Waals surface area contributed by atoms with E-state index in [9.17, 15) is 18.4 Å². The summed E-state index contributed by atoms with van der Waals surface area (Å²) < 4.78 is 39.0. The largest absolute Gasteiger partial charge is 0.444 e. The highest BCUT2D eigenvalue weighted by Crippen LogP contribution is 2.34. The zero-order valence-electron chi connectivity index (χ0n) is 16.8. The molecule has 2 atom stereocenters. The van der Waals surface area contributed by atoms with Gasteiger partial charge in [-0.05, 0) is 51.7 Å². The Bertz CT molecular complexity index is 760. The molecule has 0 aliphatic carbocycles. The third-order valence-corrected chi connectivity index (χ3v) is 5.30. The quantitative estimate of drug-likeness (QED) is 0.781. The van der Waals surface area contributed by atoms with E-state index in [-0.39, 0.29) is 41.3 Å². The van der Waals surface area contributed by atoms with Crippen LogP contribution in [-0.4, -0.2) is 47.7 Å². The van der Waals surface area contributed by atoms with E-state index in [1.165, 1.54) is 19.1 Å². The van der Waals surface area contributed by atoms with Crippen LogP contribution in [0, 0.1) is 24.5 Å². The molecule has 0 aromatic heterocycles. The van der Waals surface area contributed by atoms with Gasteiger partial charge in [0.15, 0.2) is 11.6 Å². The molecule has 2 heterocycles. The molecule has 2 unspecified atom stereocenters. The van der Waals surface area contributed by atoms with Gasteiger partial charge >= 0.3 is 6.09 Å². The van der Waals surface area contributed by atoms with E-state index in [0.29, 0.717) is 26.1 Å². The number of halogens is 2. The Kier molecular flexibility index (Phi) is 5.75. The summed E-state index contributed by atoms with van der Waals surface area (Å²) >= 11 is 0. The van der Waals surface area contributed by atoms with Gasteiger partial charge in [-0.2, -0.15) is 0 Å². The Morgan fingerprint density at radius 1 is 1.14 bits per heavy atom. The first-order valence-electron chi connectivity index (χ1n) is 9.62. The van der Waals surface area contributed by atoms with Gasteiger partial charge in [0.1, 0.15) is 11.4 Å². The normalized spacial score (nSPS) is 24.8. The summed E-state index contributed by atoms with van der Waals surface area (Å²) in [5.74, 6) is -2.32. The number of ketones is 1. The molecule has 0 N–H and O–H groups in total. The molecule has 2 fully saturated rings. The van der Waals surface area contributed by atoms with Crippen molar-refractivity contribution in [3.63, 3.8) is 0 Å². The molecular weight excluding hydrogens is 368 g/mol. The summed E-state index contributed by atoms with van der Waals surface area (Å²) in [5, 5.41) is 0. The minimum atomic E-state index is -0.955. The zero-order chi connectivity index (χ0) is 20.6. The average molecular weight is 395 g/mol. The fourth-order valence-electron chi connectivity index (χ4n) is 3.95. The van der Waals surface area contributed by atoms with Crippen LogP contribution in [0.15, 0.2) is 12.1 Å². The molecule has 5 nitrogen and oxygen atoms in total. The molecule has 2 bridgehead atoms. The molecule has 7 heteroatoms. The van der Waals surface area contributed by atoms with E-state index < -0.39 is 23.3 Å². The standard InChI is InChI=1S/C21H27F2NO4/c1-12-5-6-13(19(23)18(12)22)9-17(25)14-7-15-10-27-11-16(8-14)24(15)20(26)28-21(2,3)4/h5-6,14-16H,7-11H2,1-4H3. The van der Waals surface area contributed by atoms with Gasteiger partial charge < -0.3 is 9.47 Å². The van der Waals surface area contributed by atoms with Crippen LogP contribution in [-0.2, 0) is 20.7 Å². The Morgan fingerprint density at radius 2 is 1.75 bits per heavy atom. The number of carbonyl (C=O) groups is 2. The van der Waals surface area contributed by atoms with Gasteiger partial charge in [-0.25, -0.2) is 13.6 Å². The summed E-state index contributed by atoms with van der Waals surface area (Å²) in [4.78, 5) is 27.1. The third-order valence-electron chi connectivity index (χ3n) is 5.30. The predicted octanol–water partition coefficient (Wildman–Crippen LogP) is 3.80.